The maximum Gasteiger partial charge on any atom is 0.319 e. The number of urea groups is 1. The number of carbonyl (C=O) groups is 1. The van der Waals surface area contributed by atoms with Crippen LogP contribution in [-0.2, 0) is 22.6 Å². The van der Waals surface area contributed by atoms with Crippen LogP contribution >= 0.6 is 11.8 Å². The molecule has 1 fully saturated rings. The SMILES string of the molecule is O=C(NCc1ccccc1)Nc1ccc(C2OC(CSc3ncccn3)CC(c3ccc(CO)cc3)O2)cc1. The van der Waals surface area contributed by atoms with Gasteiger partial charge >= 0.3 is 6.03 Å². The first-order chi connectivity index (χ1) is 19.2. The Kier molecular flexibility index (Phi) is 9.18. The van der Waals surface area contributed by atoms with Gasteiger partial charge in [0.25, 0.3) is 0 Å². The molecule has 1 saturated heterocycles. The van der Waals surface area contributed by atoms with Crippen molar-refractivity contribution in [1.82, 2.24) is 15.3 Å². The molecule has 9 heteroatoms. The molecule has 1 aliphatic heterocycles. The highest BCUT2D eigenvalue weighted by Gasteiger charge is 2.32. The Morgan fingerprint density at radius 2 is 1.59 bits per heavy atom. The quantitative estimate of drug-likeness (QED) is 0.186. The third-order valence-electron chi connectivity index (χ3n) is 6.29. The fourth-order valence-corrected chi connectivity index (χ4v) is 5.05. The van der Waals surface area contributed by atoms with Gasteiger partial charge < -0.3 is 25.2 Å². The highest BCUT2D eigenvalue weighted by Crippen LogP contribution is 2.39. The molecule has 0 spiro atoms. The molecule has 2 heterocycles. The molecule has 3 atom stereocenters. The number of aromatic nitrogens is 2. The zero-order chi connectivity index (χ0) is 26.9. The van der Waals surface area contributed by atoms with E-state index in [1.54, 1.807) is 30.2 Å². The molecular formula is C30H30N4O4S. The molecule has 3 aromatic carbocycles. The number of nitrogens with zero attached hydrogens (tertiary/aromatic N) is 2. The van der Waals surface area contributed by atoms with Crippen molar-refractivity contribution in [2.45, 2.75) is 43.2 Å². The summed E-state index contributed by atoms with van der Waals surface area (Å²) in [4.78, 5) is 21.0. The second kappa shape index (κ2) is 13.3. The molecule has 4 aromatic rings. The summed E-state index contributed by atoms with van der Waals surface area (Å²) in [5.41, 5.74) is 4.44. The summed E-state index contributed by atoms with van der Waals surface area (Å²) >= 11 is 1.55. The molecule has 3 N–H and O–H groups in total. The lowest BCUT2D eigenvalue weighted by molar-refractivity contribution is -0.245. The van der Waals surface area contributed by atoms with Crippen LogP contribution in [0.2, 0.25) is 0 Å². The van der Waals surface area contributed by atoms with Crippen LogP contribution in [0.4, 0.5) is 10.5 Å². The van der Waals surface area contributed by atoms with E-state index in [0.29, 0.717) is 29.6 Å². The highest BCUT2D eigenvalue weighted by molar-refractivity contribution is 7.99. The van der Waals surface area contributed by atoms with Crippen molar-refractivity contribution in [2.75, 3.05) is 11.1 Å². The number of carbonyl (C=O) groups excluding carboxylic acids is 1. The van der Waals surface area contributed by atoms with Crippen LogP contribution in [0.5, 0.6) is 0 Å². The molecule has 1 aromatic heterocycles. The Morgan fingerprint density at radius 3 is 2.31 bits per heavy atom. The standard InChI is InChI=1S/C30H30N4O4S/c35-19-22-7-9-23(10-8-22)27-17-26(20-39-30-31-15-4-16-32-30)37-28(38-27)24-11-13-25(14-12-24)34-29(36)33-18-21-5-2-1-3-6-21/h1-16,26-28,35H,17-20H2,(H2,33,34,36). The number of aliphatic hydroxyl groups excluding tert-OH is 1. The Balaban J connectivity index is 1.24. The normalized spacial score (nSPS) is 18.8. The Labute approximate surface area is 231 Å². The molecule has 39 heavy (non-hydrogen) atoms. The minimum atomic E-state index is -0.579. The Bertz CT molecular complexity index is 1320. The van der Waals surface area contributed by atoms with Crippen LogP contribution in [0.15, 0.2) is 102 Å². The maximum atomic E-state index is 12.4. The topological polar surface area (TPSA) is 106 Å². The van der Waals surface area contributed by atoms with Crippen molar-refractivity contribution in [1.29, 1.82) is 0 Å². The number of thioether (sulfide) groups is 1. The molecule has 200 valence electrons. The van der Waals surface area contributed by atoms with Gasteiger partial charge in [-0.3, -0.25) is 0 Å². The second-order valence-electron chi connectivity index (χ2n) is 9.11. The van der Waals surface area contributed by atoms with E-state index in [1.165, 1.54) is 0 Å². The van der Waals surface area contributed by atoms with Crippen LogP contribution in [0, 0.1) is 0 Å². The van der Waals surface area contributed by atoms with Gasteiger partial charge in [0.1, 0.15) is 0 Å². The first kappa shape index (κ1) is 26.8. The van der Waals surface area contributed by atoms with Crippen LogP contribution in [0.25, 0.3) is 0 Å². The van der Waals surface area contributed by atoms with E-state index in [0.717, 1.165) is 22.3 Å². The van der Waals surface area contributed by atoms with Gasteiger partial charge in [0.15, 0.2) is 11.4 Å². The van der Waals surface area contributed by atoms with Gasteiger partial charge in [-0.15, -0.1) is 0 Å². The van der Waals surface area contributed by atoms with Crippen LogP contribution < -0.4 is 10.6 Å². The second-order valence-corrected chi connectivity index (χ2v) is 10.1. The third-order valence-corrected chi connectivity index (χ3v) is 7.30. The van der Waals surface area contributed by atoms with Gasteiger partial charge in [-0.2, -0.15) is 0 Å². The van der Waals surface area contributed by atoms with Gasteiger partial charge in [-0.05, 0) is 34.9 Å². The van der Waals surface area contributed by atoms with E-state index >= 15 is 0 Å². The zero-order valence-electron chi connectivity index (χ0n) is 21.3. The molecule has 1 aliphatic rings. The van der Waals surface area contributed by atoms with Gasteiger partial charge in [-0.1, -0.05) is 78.5 Å². The predicted octanol–water partition coefficient (Wildman–Crippen LogP) is 5.63. The Hall–Kier alpha value is -3.76. The van der Waals surface area contributed by atoms with Gasteiger partial charge in [0.05, 0.1) is 18.8 Å². The number of amides is 2. The summed E-state index contributed by atoms with van der Waals surface area (Å²) < 4.78 is 12.8. The highest BCUT2D eigenvalue weighted by atomic mass is 32.2. The summed E-state index contributed by atoms with van der Waals surface area (Å²) in [7, 11) is 0. The van der Waals surface area contributed by atoms with Crippen molar-refractivity contribution in [3.8, 4) is 0 Å². The lowest BCUT2D eigenvalue weighted by Gasteiger charge is -2.36. The monoisotopic (exact) mass is 542 g/mol. The lowest BCUT2D eigenvalue weighted by atomic mass is 10.0. The number of benzene rings is 3. The summed E-state index contributed by atoms with van der Waals surface area (Å²) in [6.07, 6.45) is 3.28. The number of nitrogens with one attached hydrogen (secondary N) is 2. The van der Waals surface area contributed by atoms with E-state index < -0.39 is 6.29 Å². The fraction of sp³-hybridized carbons (Fsp3) is 0.233. The predicted molar refractivity (Wildman–Crippen MR) is 150 cm³/mol. The average Bonchev–Trinajstić information content (AvgIpc) is 3.00. The van der Waals surface area contributed by atoms with Crippen molar-refractivity contribution in [3.63, 3.8) is 0 Å². The summed E-state index contributed by atoms with van der Waals surface area (Å²) in [5, 5.41) is 15.8. The smallest absolute Gasteiger partial charge is 0.319 e. The number of hydrogen-bond donors (Lipinski definition) is 3. The van der Waals surface area contributed by atoms with Gasteiger partial charge in [0.2, 0.25) is 0 Å². The molecule has 0 bridgehead atoms. The molecule has 0 aliphatic carbocycles. The summed E-state index contributed by atoms with van der Waals surface area (Å²) in [6, 6.07) is 26.6. The molecule has 3 unspecified atom stereocenters. The number of rotatable bonds is 9. The summed E-state index contributed by atoms with van der Waals surface area (Å²) in [5.74, 6) is 0.677. The van der Waals surface area contributed by atoms with E-state index in [4.69, 9.17) is 9.47 Å². The van der Waals surface area contributed by atoms with Crippen molar-refractivity contribution < 1.29 is 19.4 Å². The molecule has 0 saturated carbocycles. The first-order valence-corrected chi connectivity index (χ1v) is 13.7. The van der Waals surface area contributed by atoms with E-state index in [1.807, 2.05) is 78.9 Å². The zero-order valence-corrected chi connectivity index (χ0v) is 22.1. The van der Waals surface area contributed by atoms with Crippen LogP contribution in [0.1, 0.15) is 41.1 Å². The lowest BCUT2D eigenvalue weighted by Crippen LogP contribution is -2.31. The van der Waals surface area contributed by atoms with Crippen LogP contribution in [-0.4, -0.2) is 33.0 Å². The van der Waals surface area contributed by atoms with E-state index in [-0.39, 0.29) is 24.8 Å². The van der Waals surface area contributed by atoms with E-state index in [9.17, 15) is 9.90 Å². The average molecular weight is 543 g/mol. The summed E-state index contributed by atoms with van der Waals surface area (Å²) in [6.45, 7) is 0.446. The molecule has 5 rings (SSSR count). The van der Waals surface area contributed by atoms with Crippen LogP contribution in [0.3, 0.4) is 0 Å². The minimum Gasteiger partial charge on any atom is -0.392 e. The number of aliphatic hydroxyl groups is 1. The Morgan fingerprint density at radius 1 is 0.872 bits per heavy atom. The minimum absolute atomic E-state index is 0.00145. The largest absolute Gasteiger partial charge is 0.392 e. The molecular weight excluding hydrogens is 512 g/mol. The molecule has 8 nitrogen and oxygen atoms in total. The van der Waals surface area contributed by atoms with Crippen molar-refractivity contribution in [2.24, 2.45) is 0 Å². The third kappa shape index (κ3) is 7.64. The molecule has 2 amide bonds. The maximum absolute atomic E-state index is 12.4. The van der Waals surface area contributed by atoms with Crippen molar-refractivity contribution in [3.05, 3.63) is 120 Å². The van der Waals surface area contributed by atoms with E-state index in [2.05, 4.69) is 20.6 Å². The first-order valence-electron chi connectivity index (χ1n) is 12.8. The fourth-order valence-electron chi connectivity index (χ4n) is 4.23. The molecule has 0 radical (unpaired) electrons. The van der Waals surface area contributed by atoms with Gasteiger partial charge in [0, 0.05) is 42.4 Å². The number of ether oxygens (including phenoxy) is 2. The number of hydrogen-bond acceptors (Lipinski definition) is 7. The van der Waals surface area contributed by atoms with Gasteiger partial charge in [-0.25, -0.2) is 14.8 Å². The number of anilines is 1. The van der Waals surface area contributed by atoms with Crippen molar-refractivity contribution >= 4 is 23.5 Å².